The lowest BCUT2D eigenvalue weighted by Gasteiger charge is -2.12. The Labute approximate surface area is 148 Å². The lowest BCUT2D eigenvalue weighted by molar-refractivity contribution is 0.322. The second-order valence-electron chi connectivity index (χ2n) is 4.36. The number of benzene rings is 1. The van der Waals surface area contributed by atoms with Gasteiger partial charge in [-0.25, -0.2) is 0 Å². The van der Waals surface area contributed by atoms with E-state index in [1.54, 1.807) is 13.2 Å². The van der Waals surface area contributed by atoms with Crippen molar-refractivity contribution in [1.29, 1.82) is 0 Å². The molecule has 0 radical (unpaired) electrons. The molecule has 0 bridgehead atoms. The lowest BCUT2D eigenvalue weighted by Crippen LogP contribution is -2.40. The lowest BCUT2D eigenvalue weighted by atomic mass is 10.3. The Balaban J connectivity index is 0.00000242. The molecule has 0 saturated heterocycles. The molecule has 0 aliphatic rings. The molecule has 2 N–H and O–H groups in total. The Morgan fingerprint density at radius 1 is 1.18 bits per heavy atom. The van der Waals surface area contributed by atoms with Crippen LogP contribution in [0, 0.1) is 0 Å². The highest BCUT2D eigenvalue weighted by molar-refractivity contribution is 14.0. The van der Waals surface area contributed by atoms with Gasteiger partial charge in [0.1, 0.15) is 12.4 Å². The van der Waals surface area contributed by atoms with Crippen molar-refractivity contribution in [1.82, 2.24) is 20.4 Å². The average molecular weight is 415 g/mol. The van der Waals surface area contributed by atoms with Crippen LogP contribution in [0.5, 0.6) is 5.75 Å². The molecule has 0 spiro atoms. The summed E-state index contributed by atoms with van der Waals surface area (Å²) in [6.07, 6.45) is 3.71. The number of nitrogens with zero attached hydrogens (tertiary/aromatic N) is 3. The van der Waals surface area contributed by atoms with Crippen molar-refractivity contribution in [2.24, 2.45) is 4.99 Å². The number of aliphatic imine (C=N–C) groups is 1. The highest BCUT2D eigenvalue weighted by atomic mass is 127. The normalized spacial score (nSPS) is 10.7. The number of halogens is 1. The topological polar surface area (TPSA) is 63.5 Å². The number of guanidine groups is 1. The quantitative estimate of drug-likeness (QED) is 0.313. The summed E-state index contributed by atoms with van der Waals surface area (Å²) in [7, 11) is 1.75. The molecule has 2 rings (SSSR count). The maximum Gasteiger partial charge on any atom is 0.191 e. The summed E-state index contributed by atoms with van der Waals surface area (Å²) >= 11 is 0. The second kappa shape index (κ2) is 10.9. The van der Waals surface area contributed by atoms with E-state index in [0.29, 0.717) is 13.2 Å². The first kappa shape index (κ1) is 18.3. The number of nitrogens with one attached hydrogen (secondary N) is 2. The van der Waals surface area contributed by atoms with Crippen LogP contribution >= 0.6 is 24.0 Å². The van der Waals surface area contributed by atoms with Crippen LogP contribution in [0.1, 0.15) is 0 Å². The van der Waals surface area contributed by atoms with Crippen LogP contribution < -0.4 is 15.4 Å². The van der Waals surface area contributed by atoms with Gasteiger partial charge in [0.2, 0.25) is 0 Å². The standard InChI is InChI=1S/C15H21N5O.HI/c1-16-15(17-9-12-20-11-5-8-19-20)18-10-13-21-14-6-3-2-4-7-14;/h2-8,11H,9-10,12-13H2,1H3,(H2,16,17,18);1H. The predicted octanol–water partition coefficient (Wildman–Crippen LogP) is 1.75. The molecule has 6 nitrogen and oxygen atoms in total. The van der Waals surface area contributed by atoms with Gasteiger partial charge >= 0.3 is 0 Å². The molecule has 22 heavy (non-hydrogen) atoms. The van der Waals surface area contributed by atoms with Crippen molar-refractivity contribution >= 4 is 29.9 Å². The Hall–Kier alpha value is -1.77. The first-order valence-corrected chi connectivity index (χ1v) is 6.98. The third-order valence-corrected chi connectivity index (χ3v) is 2.82. The van der Waals surface area contributed by atoms with Gasteiger partial charge in [-0.15, -0.1) is 24.0 Å². The molecule has 0 unspecified atom stereocenters. The smallest absolute Gasteiger partial charge is 0.191 e. The summed E-state index contributed by atoms with van der Waals surface area (Å²) in [5.41, 5.74) is 0. The SMILES string of the molecule is CN=C(NCCOc1ccccc1)NCCn1cccn1.I. The summed E-state index contributed by atoms with van der Waals surface area (Å²) < 4.78 is 7.48. The molecule has 7 heteroatoms. The van der Waals surface area contributed by atoms with E-state index in [1.807, 2.05) is 47.3 Å². The van der Waals surface area contributed by atoms with E-state index >= 15 is 0 Å². The van der Waals surface area contributed by atoms with E-state index in [4.69, 9.17) is 4.74 Å². The fourth-order valence-electron chi connectivity index (χ4n) is 1.80. The van der Waals surface area contributed by atoms with Crippen molar-refractivity contribution in [2.75, 3.05) is 26.7 Å². The second-order valence-corrected chi connectivity index (χ2v) is 4.36. The molecule has 0 fully saturated rings. The summed E-state index contributed by atoms with van der Waals surface area (Å²) in [4.78, 5) is 4.16. The van der Waals surface area contributed by atoms with Crippen molar-refractivity contribution in [2.45, 2.75) is 6.54 Å². The van der Waals surface area contributed by atoms with Gasteiger partial charge in [0.05, 0.1) is 13.1 Å². The zero-order chi connectivity index (χ0) is 14.8. The summed E-state index contributed by atoms with van der Waals surface area (Å²) in [5, 5.41) is 10.6. The minimum atomic E-state index is 0. The molecule has 2 aromatic rings. The Kier molecular flexibility index (Phi) is 9.04. The van der Waals surface area contributed by atoms with Crippen molar-refractivity contribution in [3.63, 3.8) is 0 Å². The molecule has 0 saturated carbocycles. The van der Waals surface area contributed by atoms with Crippen molar-refractivity contribution in [3.05, 3.63) is 48.8 Å². The number of aromatic nitrogens is 2. The minimum Gasteiger partial charge on any atom is -0.492 e. The van der Waals surface area contributed by atoms with Gasteiger partial charge < -0.3 is 15.4 Å². The van der Waals surface area contributed by atoms with Gasteiger partial charge in [-0.3, -0.25) is 9.67 Å². The summed E-state index contributed by atoms with van der Waals surface area (Å²) in [6, 6.07) is 11.7. The number of hydrogen-bond acceptors (Lipinski definition) is 3. The van der Waals surface area contributed by atoms with E-state index in [9.17, 15) is 0 Å². The third kappa shape index (κ3) is 6.79. The van der Waals surface area contributed by atoms with Crippen LogP contribution in [0.25, 0.3) is 0 Å². The molecule has 1 aromatic carbocycles. The fourth-order valence-corrected chi connectivity index (χ4v) is 1.80. The first-order valence-electron chi connectivity index (χ1n) is 6.98. The highest BCUT2D eigenvalue weighted by Gasteiger charge is 1.97. The van der Waals surface area contributed by atoms with E-state index in [2.05, 4.69) is 20.7 Å². The van der Waals surface area contributed by atoms with E-state index < -0.39 is 0 Å². The van der Waals surface area contributed by atoms with Crippen molar-refractivity contribution < 1.29 is 4.74 Å². The number of ether oxygens (including phenoxy) is 1. The highest BCUT2D eigenvalue weighted by Crippen LogP contribution is 2.07. The average Bonchev–Trinajstić information content (AvgIpc) is 3.04. The van der Waals surface area contributed by atoms with Crippen LogP contribution in [0.15, 0.2) is 53.8 Å². The Morgan fingerprint density at radius 3 is 2.64 bits per heavy atom. The van der Waals surface area contributed by atoms with Crippen LogP contribution in [-0.2, 0) is 6.54 Å². The Morgan fingerprint density at radius 2 is 1.95 bits per heavy atom. The number of para-hydroxylation sites is 1. The minimum absolute atomic E-state index is 0. The fraction of sp³-hybridized carbons (Fsp3) is 0.333. The molecule has 120 valence electrons. The largest absolute Gasteiger partial charge is 0.492 e. The van der Waals surface area contributed by atoms with Crippen LogP contribution in [-0.4, -0.2) is 42.5 Å². The van der Waals surface area contributed by atoms with E-state index in [-0.39, 0.29) is 24.0 Å². The van der Waals surface area contributed by atoms with Crippen LogP contribution in [0.4, 0.5) is 0 Å². The third-order valence-electron chi connectivity index (χ3n) is 2.82. The first-order chi connectivity index (χ1) is 10.4. The molecule has 1 heterocycles. The van der Waals surface area contributed by atoms with Gasteiger partial charge in [-0.05, 0) is 18.2 Å². The molecule has 0 amide bonds. The van der Waals surface area contributed by atoms with Crippen LogP contribution in [0.3, 0.4) is 0 Å². The number of hydrogen-bond donors (Lipinski definition) is 2. The molecular weight excluding hydrogens is 393 g/mol. The van der Waals surface area contributed by atoms with E-state index in [0.717, 1.165) is 24.8 Å². The number of rotatable bonds is 7. The maximum absolute atomic E-state index is 5.60. The molecule has 0 atom stereocenters. The summed E-state index contributed by atoms with van der Waals surface area (Å²) in [5.74, 6) is 1.64. The van der Waals surface area contributed by atoms with Gasteiger partial charge in [-0.1, -0.05) is 18.2 Å². The molecule has 0 aliphatic heterocycles. The van der Waals surface area contributed by atoms with Gasteiger partial charge in [0.15, 0.2) is 5.96 Å². The van der Waals surface area contributed by atoms with Crippen LogP contribution in [0.2, 0.25) is 0 Å². The zero-order valence-corrected chi connectivity index (χ0v) is 14.9. The molecular formula is C15H22IN5O. The van der Waals surface area contributed by atoms with Crippen molar-refractivity contribution in [3.8, 4) is 5.75 Å². The zero-order valence-electron chi connectivity index (χ0n) is 12.6. The van der Waals surface area contributed by atoms with Gasteiger partial charge in [0, 0.05) is 26.0 Å². The maximum atomic E-state index is 5.60. The van der Waals surface area contributed by atoms with Gasteiger partial charge in [-0.2, -0.15) is 5.10 Å². The summed E-state index contributed by atoms with van der Waals surface area (Å²) in [6.45, 7) is 2.84. The Bertz CT molecular complexity index is 530. The predicted molar refractivity (Wildman–Crippen MR) is 98.9 cm³/mol. The van der Waals surface area contributed by atoms with E-state index in [1.165, 1.54) is 0 Å². The molecule has 1 aromatic heterocycles. The molecule has 0 aliphatic carbocycles. The van der Waals surface area contributed by atoms with Gasteiger partial charge in [0.25, 0.3) is 0 Å². The monoisotopic (exact) mass is 415 g/mol.